The Morgan fingerprint density at radius 2 is 1.73 bits per heavy atom. The molecule has 2 aromatic carbocycles. The number of nitrogens with zero attached hydrogens (tertiary/aromatic N) is 4. The summed E-state index contributed by atoms with van der Waals surface area (Å²) in [5.41, 5.74) is 3.92. The molecule has 0 unspecified atom stereocenters. The highest BCUT2D eigenvalue weighted by Gasteiger charge is 2.38. The monoisotopic (exact) mass is 462 g/mol. The number of thioether (sulfide) groups is 1. The van der Waals surface area contributed by atoms with Gasteiger partial charge in [0.2, 0.25) is 0 Å². The van der Waals surface area contributed by atoms with Crippen LogP contribution in [0, 0.1) is 0 Å². The van der Waals surface area contributed by atoms with Crippen LogP contribution in [-0.2, 0) is 27.4 Å². The van der Waals surface area contributed by atoms with E-state index in [0.717, 1.165) is 27.5 Å². The SMILES string of the molecule is CSc1ncnn2c([C@H]3C[C@H](OCc4ccccc4)[C@@H](COCc4ccccc4)O3)cnc12. The van der Waals surface area contributed by atoms with Crippen LogP contribution in [0.3, 0.4) is 0 Å². The Bertz CT molecular complexity index is 1170. The van der Waals surface area contributed by atoms with Crippen LogP contribution in [0.15, 0.2) is 78.2 Å². The molecular formula is C25H26N4O3S. The molecule has 0 radical (unpaired) electrons. The molecule has 3 heterocycles. The first-order chi connectivity index (χ1) is 16.3. The average Bonchev–Trinajstić information content (AvgIpc) is 3.48. The Balaban J connectivity index is 1.31. The van der Waals surface area contributed by atoms with E-state index in [4.69, 9.17) is 14.2 Å². The summed E-state index contributed by atoms with van der Waals surface area (Å²) in [5, 5.41) is 5.26. The predicted octanol–water partition coefficient (Wildman–Crippen LogP) is 4.48. The smallest absolute Gasteiger partial charge is 0.186 e. The van der Waals surface area contributed by atoms with Gasteiger partial charge in [-0.1, -0.05) is 60.7 Å². The summed E-state index contributed by atoms with van der Waals surface area (Å²) < 4.78 is 20.6. The lowest BCUT2D eigenvalue weighted by Crippen LogP contribution is -2.29. The fourth-order valence-electron chi connectivity index (χ4n) is 4.05. The van der Waals surface area contributed by atoms with Gasteiger partial charge < -0.3 is 14.2 Å². The molecule has 4 aromatic rings. The number of hydrogen-bond acceptors (Lipinski definition) is 7. The Morgan fingerprint density at radius 3 is 2.45 bits per heavy atom. The molecule has 33 heavy (non-hydrogen) atoms. The van der Waals surface area contributed by atoms with Gasteiger partial charge in [0.1, 0.15) is 23.6 Å². The minimum atomic E-state index is -0.185. The van der Waals surface area contributed by atoms with Gasteiger partial charge in [-0.3, -0.25) is 0 Å². The zero-order chi connectivity index (χ0) is 22.5. The van der Waals surface area contributed by atoms with Crippen LogP contribution in [0.25, 0.3) is 5.65 Å². The van der Waals surface area contributed by atoms with E-state index in [1.54, 1.807) is 18.1 Å². The summed E-state index contributed by atoms with van der Waals surface area (Å²) in [7, 11) is 0. The Kier molecular flexibility index (Phi) is 6.97. The van der Waals surface area contributed by atoms with Crippen LogP contribution >= 0.6 is 11.8 Å². The second-order valence-electron chi connectivity index (χ2n) is 7.92. The first-order valence-electron chi connectivity index (χ1n) is 11.0. The molecule has 0 aliphatic carbocycles. The third-order valence-electron chi connectivity index (χ3n) is 5.72. The first kappa shape index (κ1) is 22.0. The zero-order valence-corrected chi connectivity index (χ0v) is 19.2. The summed E-state index contributed by atoms with van der Waals surface area (Å²) in [6, 6.07) is 20.3. The van der Waals surface area contributed by atoms with E-state index < -0.39 is 0 Å². The van der Waals surface area contributed by atoms with E-state index in [9.17, 15) is 0 Å². The van der Waals surface area contributed by atoms with Gasteiger partial charge in [0.25, 0.3) is 0 Å². The minimum absolute atomic E-state index is 0.0987. The second kappa shape index (κ2) is 10.4. The van der Waals surface area contributed by atoms with Gasteiger partial charge in [-0.2, -0.15) is 5.10 Å². The number of rotatable bonds is 9. The van der Waals surface area contributed by atoms with Crippen molar-refractivity contribution in [3.63, 3.8) is 0 Å². The number of fused-ring (bicyclic) bond motifs is 1. The average molecular weight is 463 g/mol. The fraction of sp³-hybridized carbons (Fsp3) is 0.320. The molecule has 2 aromatic heterocycles. The molecule has 1 aliphatic rings. The van der Waals surface area contributed by atoms with Crippen molar-refractivity contribution in [1.82, 2.24) is 19.6 Å². The number of imidazole rings is 1. The van der Waals surface area contributed by atoms with Gasteiger partial charge in [-0.15, -0.1) is 11.8 Å². The van der Waals surface area contributed by atoms with Gasteiger partial charge in [-0.25, -0.2) is 14.5 Å². The van der Waals surface area contributed by atoms with Crippen LogP contribution in [0.4, 0.5) is 0 Å². The largest absolute Gasteiger partial charge is 0.374 e. The molecule has 0 N–H and O–H groups in total. The summed E-state index contributed by atoms with van der Waals surface area (Å²) in [4.78, 5) is 8.86. The predicted molar refractivity (Wildman–Crippen MR) is 126 cm³/mol. The number of hydrogen-bond donors (Lipinski definition) is 0. The summed E-state index contributed by atoms with van der Waals surface area (Å²) in [6.07, 6.45) is 5.61. The number of benzene rings is 2. The molecule has 3 atom stereocenters. The summed E-state index contributed by atoms with van der Waals surface area (Å²) in [5.74, 6) is 0. The third-order valence-corrected chi connectivity index (χ3v) is 6.40. The second-order valence-corrected chi connectivity index (χ2v) is 8.72. The lowest BCUT2D eigenvalue weighted by atomic mass is 10.1. The van der Waals surface area contributed by atoms with Crippen molar-refractivity contribution in [2.45, 2.75) is 43.0 Å². The van der Waals surface area contributed by atoms with Crippen LogP contribution < -0.4 is 0 Å². The van der Waals surface area contributed by atoms with E-state index in [1.165, 1.54) is 0 Å². The highest BCUT2D eigenvalue weighted by molar-refractivity contribution is 7.98. The Morgan fingerprint density at radius 1 is 1.00 bits per heavy atom. The van der Waals surface area contributed by atoms with Crippen LogP contribution in [-0.4, -0.2) is 44.7 Å². The quantitative estimate of drug-likeness (QED) is 0.340. The lowest BCUT2D eigenvalue weighted by molar-refractivity contribution is -0.0722. The molecule has 5 rings (SSSR count). The van der Waals surface area contributed by atoms with Gasteiger partial charge in [-0.05, 0) is 17.4 Å². The fourth-order valence-corrected chi connectivity index (χ4v) is 4.53. The van der Waals surface area contributed by atoms with Crippen molar-refractivity contribution in [3.05, 3.63) is 90.0 Å². The molecule has 1 aliphatic heterocycles. The molecule has 7 nitrogen and oxygen atoms in total. The highest BCUT2D eigenvalue weighted by Crippen LogP contribution is 2.36. The van der Waals surface area contributed by atoms with E-state index in [1.807, 2.05) is 53.4 Å². The van der Waals surface area contributed by atoms with Crippen molar-refractivity contribution in [3.8, 4) is 0 Å². The van der Waals surface area contributed by atoms with Gasteiger partial charge in [0, 0.05) is 6.42 Å². The molecular weight excluding hydrogens is 436 g/mol. The van der Waals surface area contributed by atoms with E-state index >= 15 is 0 Å². The highest BCUT2D eigenvalue weighted by atomic mass is 32.2. The third kappa shape index (κ3) is 5.09. The first-order valence-corrected chi connectivity index (χ1v) is 12.2. The molecule has 0 saturated carbocycles. The molecule has 0 amide bonds. The molecule has 0 spiro atoms. The molecule has 8 heteroatoms. The van der Waals surface area contributed by atoms with E-state index in [-0.39, 0.29) is 18.3 Å². The Labute approximate surface area is 197 Å². The van der Waals surface area contributed by atoms with E-state index in [2.05, 4.69) is 39.3 Å². The molecule has 1 fully saturated rings. The number of aromatic nitrogens is 4. The minimum Gasteiger partial charge on any atom is -0.374 e. The molecule has 1 saturated heterocycles. The zero-order valence-electron chi connectivity index (χ0n) is 18.4. The van der Waals surface area contributed by atoms with Crippen molar-refractivity contribution >= 4 is 17.4 Å². The van der Waals surface area contributed by atoms with Crippen molar-refractivity contribution in [2.75, 3.05) is 12.9 Å². The standard InChI is InChI=1S/C25H26N4O3S/c1-33-25-24-26-13-20(29(24)28-17-27-25)21-12-22(31-15-19-10-6-3-7-11-19)23(32-21)16-30-14-18-8-4-2-5-9-18/h2-11,13,17,21-23H,12,14-16H2,1H3/t21-,22+,23-/m1/s1. The van der Waals surface area contributed by atoms with Gasteiger partial charge >= 0.3 is 0 Å². The summed E-state index contributed by atoms with van der Waals surface area (Å²) >= 11 is 1.55. The normalized spacial score (nSPS) is 20.5. The van der Waals surface area contributed by atoms with Crippen molar-refractivity contribution < 1.29 is 14.2 Å². The lowest BCUT2D eigenvalue weighted by Gasteiger charge is -2.19. The van der Waals surface area contributed by atoms with Gasteiger partial charge in [0.15, 0.2) is 5.65 Å². The maximum atomic E-state index is 6.45. The topological polar surface area (TPSA) is 70.8 Å². The molecule has 170 valence electrons. The Hall–Kier alpha value is -2.78. The maximum Gasteiger partial charge on any atom is 0.186 e. The van der Waals surface area contributed by atoms with Crippen molar-refractivity contribution in [2.24, 2.45) is 0 Å². The maximum absolute atomic E-state index is 6.45. The van der Waals surface area contributed by atoms with Gasteiger partial charge in [0.05, 0.1) is 37.8 Å². The van der Waals surface area contributed by atoms with Crippen molar-refractivity contribution in [1.29, 1.82) is 0 Å². The van der Waals surface area contributed by atoms with Crippen LogP contribution in [0.5, 0.6) is 0 Å². The summed E-state index contributed by atoms with van der Waals surface area (Å²) in [6.45, 7) is 1.52. The molecule has 0 bridgehead atoms. The number of ether oxygens (including phenoxy) is 3. The van der Waals surface area contributed by atoms with E-state index in [0.29, 0.717) is 26.2 Å². The van der Waals surface area contributed by atoms with Crippen LogP contribution in [0.1, 0.15) is 29.3 Å². The van der Waals surface area contributed by atoms with Crippen LogP contribution in [0.2, 0.25) is 0 Å².